The van der Waals surface area contributed by atoms with Crippen LogP contribution in [0.3, 0.4) is 0 Å². The summed E-state index contributed by atoms with van der Waals surface area (Å²) in [6.07, 6.45) is 0.503. The highest BCUT2D eigenvalue weighted by Gasteiger charge is 2.31. The van der Waals surface area contributed by atoms with Crippen LogP contribution in [0.1, 0.15) is 41.2 Å². The fourth-order valence-electron chi connectivity index (χ4n) is 3.44. The lowest BCUT2D eigenvalue weighted by molar-refractivity contribution is -0.120. The Morgan fingerprint density at radius 3 is 2.74 bits per heavy atom. The number of likely N-dealkylation sites (N-methyl/N-ethyl adjacent to an activating group) is 1. The second kappa shape index (κ2) is 9.41. The van der Waals surface area contributed by atoms with Gasteiger partial charge in [0.15, 0.2) is 5.69 Å². The minimum absolute atomic E-state index is 0.0364. The lowest BCUT2D eigenvalue weighted by Gasteiger charge is -2.20. The van der Waals surface area contributed by atoms with Crippen molar-refractivity contribution in [3.05, 3.63) is 77.2 Å². The highest BCUT2D eigenvalue weighted by atomic mass is 16.5. The first kappa shape index (κ1) is 23.1. The van der Waals surface area contributed by atoms with E-state index in [0.29, 0.717) is 29.2 Å². The molecule has 1 unspecified atom stereocenters. The van der Waals surface area contributed by atoms with Gasteiger partial charge in [-0.05, 0) is 37.6 Å². The van der Waals surface area contributed by atoms with Gasteiger partial charge < -0.3 is 24.6 Å². The number of carbonyl (C=O) groups is 2. The molecule has 1 aromatic heterocycles. The SMILES string of the molecule is CN1C(=O)C(NC(=O)c2cc(Cc3ccccc3)on2)COc2ccc(C#CC(C)(C)O)cc21. The Kier molecular flexibility index (Phi) is 6.39. The molecule has 0 saturated carbocycles. The summed E-state index contributed by atoms with van der Waals surface area (Å²) < 4.78 is 11.1. The minimum atomic E-state index is -1.14. The largest absolute Gasteiger partial charge is 0.489 e. The van der Waals surface area contributed by atoms with E-state index in [-0.39, 0.29) is 18.2 Å². The van der Waals surface area contributed by atoms with Crippen molar-refractivity contribution in [2.45, 2.75) is 31.9 Å². The van der Waals surface area contributed by atoms with Crippen LogP contribution in [0.2, 0.25) is 0 Å². The molecule has 0 bridgehead atoms. The number of carbonyl (C=O) groups excluding carboxylic acids is 2. The zero-order chi connectivity index (χ0) is 24.3. The Labute approximate surface area is 197 Å². The fraction of sp³-hybridized carbons (Fsp3) is 0.269. The van der Waals surface area contributed by atoms with E-state index in [1.807, 2.05) is 30.3 Å². The maximum absolute atomic E-state index is 13.1. The van der Waals surface area contributed by atoms with E-state index in [2.05, 4.69) is 22.3 Å². The van der Waals surface area contributed by atoms with E-state index in [9.17, 15) is 14.7 Å². The third-order valence-electron chi connectivity index (χ3n) is 5.19. The average molecular weight is 460 g/mol. The van der Waals surface area contributed by atoms with Gasteiger partial charge in [-0.1, -0.05) is 47.3 Å². The molecular weight excluding hydrogens is 434 g/mol. The van der Waals surface area contributed by atoms with Gasteiger partial charge in [-0.2, -0.15) is 0 Å². The van der Waals surface area contributed by atoms with Crippen LogP contribution in [-0.2, 0) is 11.2 Å². The summed E-state index contributed by atoms with van der Waals surface area (Å²) in [7, 11) is 1.61. The van der Waals surface area contributed by atoms with Crippen molar-refractivity contribution in [3.63, 3.8) is 0 Å². The lowest BCUT2D eigenvalue weighted by atomic mass is 10.1. The molecule has 174 valence electrons. The van der Waals surface area contributed by atoms with E-state index in [1.165, 1.54) is 4.90 Å². The van der Waals surface area contributed by atoms with Crippen LogP contribution in [0.15, 0.2) is 59.1 Å². The predicted octanol–water partition coefficient (Wildman–Crippen LogP) is 2.54. The van der Waals surface area contributed by atoms with Gasteiger partial charge in [0.25, 0.3) is 11.8 Å². The number of anilines is 1. The molecule has 8 nitrogen and oxygen atoms in total. The van der Waals surface area contributed by atoms with Crippen LogP contribution in [0.25, 0.3) is 0 Å². The van der Waals surface area contributed by atoms with Crippen LogP contribution in [-0.4, -0.2) is 47.4 Å². The molecular formula is C26H25N3O5. The van der Waals surface area contributed by atoms with Gasteiger partial charge in [-0.15, -0.1) is 0 Å². The molecule has 0 saturated heterocycles. The first-order valence-electron chi connectivity index (χ1n) is 10.8. The van der Waals surface area contributed by atoms with Crippen LogP contribution >= 0.6 is 0 Å². The van der Waals surface area contributed by atoms with E-state index in [4.69, 9.17) is 9.26 Å². The Bertz CT molecular complexity index is 1260. The molecule has 2 N–H and O–H groups in total. The van der Waals surface area contributed by atoms with Crippen molar-refractivity contribution in [1.82, 2.24) is 10.5 Å². The number of ether oxygens (including phenoxy) is 1. The molecule has 0 aliphatic carbocycles. The van der Waals surface area contributed by atoms with Crippen molar-refractivity contribution >= 4 is 17.5 Å². The second-order valence-corrected chi connectivity index (χ2v) is 8.57. The highest BCUT2D eigenvalue weighted by Crippen LogP contribution is 2.31. The average Bonchev–Trinajstić information content (AvgIpc) is 3.24. The number of benzene rings is 2. The van der Waals surface area contributed by atoms with Gasteiger partial charge in [0, 0.05) is 25.1 Å². The van der Waals surface area contributed by atoms with Gasteiger partial charge in [-0.25, -0.2) is 0 Å². The third-order valence-corrected chi connectivity index (χ3v) is 5.19. The summed E-state index contributed by atoms with van der Waals surface area (Å²) in [6.45, 7) is 3.15. The summed E-state index contributed by atoms with van der Waals surface area (Å²) in [4.78, 5) is 27.2. The quantitative estimate of drug-likeness (QED) is 0.581. The topological polar surface area (TPSA) is 105 Å². The van der Waals surface area contributed by atoms with E-state index in [0.717, 1.165) is 5.56 Å². The Balaban J connectivity index is 1.46. The van der Waals surface area contributed by atoms with Gasteiger partial charge in [0.2, 0.25) is 0 Å². The van der Waals surface area contributed by atoms with Crippen molar-refractivity contribution < 1.29 is 24.0 Å². The number of nitrogens with zero attached hydrogens (tertiary/aromatic N) is 2. The lowest BCUT2D eigenvalue weighted by Crippen LogP contribution is -2.49. The highest BCUT2D eigenvalue weighted by molar-refractivity contribution is 6.02. The van der Waals surface area contributed by atoms with Crippen LogP contribution < -0.4 is 15.0 Å². The molecule has 0 spiro atoms. The van der Waals surface area contributed by atoms with Gasteiger partial charge >= 0.3 is 0 Å². The van der Waals surface area contributed by atoms with Gasteiger partial charge in [0.05, 0.1) is 5.69 Å². The maximum atomic E-state index is 13.1. The van der Waals surface area contributed by atoms with E-state index < -0.39 is 17.6 Å². The van der Waals surface area contributed by atoms with Crippen molar-refractivity contribution in [2.24, 2.45) is 0 Å². The molecule has 2 amide bonds. The van der Waals surface area contributed by atoms with Crippen LogP contribution in [0.4, 0.5) is 5.69 Å². The monoisotopic (exact) mass is 459 g/mol. The number of hydrogen-bond donors (Lipinski definition) is 2. The second-order valence-electron chi connectivity index (χ2n) is 8.57. The molecule has 1 atom stereocenters. The Hall–Kier alpha value is -4.09. The number of hydrogen-bond acceptors (Lipinski definition) is 6. The normalized spacial score (nSPS) is 15.5. The molecule has 2 aromatic carbocycles. The molecule has 0 fully saturated rings. The number of aliphatic hydroxyl groups is 1. The number of fused-ring (bicyclic) bond motifs is 1. The molecule has 3 aromatic rings. The van der Waals surface area contributed by atoms with Gasteiger partial charge in [0.1, 0.15) is 29.8 Å². The Morgan fingerprint density at radius 1 is 1.24 bits per heavy atom. The van der Waals surface area contributed by atoms with Crippen LogP contribution in [0.5, 0.6) is 5.75 Å². The minimum Gasteiger partial charge on any atom is -0.489 e. The zero-order valence-electron chi connectivity index (χ0n) is 19.2. The summed E-state index contributed by atoms with van der Waals surface area (Å²) in [5.74, 6) is 5.81. The molecule has 34 heavy (non-hydrogen) atoms. The summed E-state index contributed by atoms with van der Waals surface area (Å²) in [5.41, 5.74) is 1.13. The Morgan fingerprint density at radius 2 is 2.00 bits per heavy atom. The molecule has 1 aliphatic rings. The number of aromatic nitrogens is 1. The smallest absolute Gasteiger partial charge is 0.274 e. The van der Waals surface area contributed by atoms with E-state index >= 15 is 0 Å². The predicted molar refractivity (Wildman–Crippen MR) is 126 cm³/mol. The first-order chi connectivity index (χ1) is 16.2. The van der Waals surface area contributed by atoms with Crippen molar-refractivity contribution in [2.75, 3.05) is 18.6 Å². The fourth-order valence-corrected chi connectivity index (χ4v) is 3.44. The number of nitrogens with one attached hydrogen (secondary N) is 1. The maximum Gasteiger partial charge on any atom is 0.274 e. The molecule has 4 rings (SSSR count). The van der Waals surface area contributed by atoms with Crippen LogP contribution in [0, 0.1) is 11.8 Å². The molecule has 1 aliphatic heterocycles. The zero-order valence-corrected chi connectivity index (χ0v) is 19.2. The summed E-state index contributed by atoms with van der Waals surface area (Å²) >= 11 is 0. The number of amides is 2. The summed E-state index contributed by atoms with van der Waals surface area (Å²) in [6, 6.07) is 15.5. The standard InChI is InChI=1S/C26H25N3O5/c1-26(2,32)12-11-18-9-10-23-22(14-18)29(3)25(31)21(16-33-23)27-24(30)20-15-19(34-28-20)13-17-7-5-4-6-8-17/h4-10,14-15,21,32H,13,16H2,1-3H3,(H,27,30). The summed E-state index contributed by atoms with van der Waals surface area (Å²) in [5, 5.41) is 16.4. The van der Waals surface area contributed by atoms with E-state index in [1.54, 1.807) is 45.2 Å². The van der Waals surface area contributed by atoms with Gasteiger partial charge in [-0.3, -0.25) is 9.59 Å². The van der Waals surface area contributed by atoms with Crippen molar-refractivity contribution in [1.29, 1.82) is 0 Å². The third kappa shape index (κ3) is 5.45. The molecule has 2 heterocycles. The number of rotatable bonds is 4. The molecule has 8 heteroatoms. The molecule has 0 radical (unpaired) electrons. The first-order valence-corrected chi connectivity index (χ1v) is 10.8. The van der Waals surface area contributed by atoms with Crippen molar-refractivity contribution in [3.8, 4) is 17.6 Å².